The number of carbonyl (C=O) groups excluding carboxylic acids is 1. The molecule has 1 saturated heterocycles. The first-order chi connectivity index (χ1) is 10.2. The molecule has 22 heavy (non-hydrogen) atoms. The molecule has 9 heteroatoms. The molecular weight excluding hydrogens is 311 g/mol. The molecule has 4 nitrogen and oxygen atoms in total. The summed E-state index contributed by atoms with van der Waals surface area (Å²) in [5.41, 5.74) is 4.99. The second-order valence-corrected chi connectivity index (χ2v) is 4.96. The number of rotatable bonds is 3. The number of hydrogen-bond donors (Lipinski definition) is 1. The van der Waals surface area contributed by atoms with Gasteiger partial charge in [0.05, 0.1) is 18.7 Å². The Balaban J connectivity index is 2.46. The molecule has 1 aromatic carbocycles. The Bertz CT molecular complexity index is 591. The van der Waals surface area contributed by atoms with Gasteiger partial charge in [0.15, 0.2) is 11.6 Å². The van der Waals surface area contributed by atoms with E-state index in [-0.39, 0.29) is 5.69 Å². The van der Waals surface area contributed by atoms with Crippen LogP contribution in [0.25, 0.3) is 0 Å². The van der Waals surface area contributed by atoms with Crippen LogP contribution in [0.15, 0.2) is 12.1 Å². The van der Waals surface area contributed by atoms with E-state index >= 15 is 0 Å². The van der Waals surface area contributed by atoms with Gasteiger partial charge < -0.3 is 15.4 Å². The number of anilines is 1. The molecule has 0 spiro atoms. The van der Waals surface area contributed by atoms with Crippen LogP contribution in [0.4, 0.5) is 27.6 Å². The molecule has 0 aromatic heterocycles. The van der Waals surface area contributed by atoms with Crippen LogP contribution in [0.1, 0.15) is 6.42 Å². The average Bonchev–Trinajstić information content (AvgIpc) is 2.86. The predicted molar refractivity (Wildman–Crippen MR) is 67.4 cm³/mol. The van der Waals surface area contributed by atoms with Crippen molar-refractivity contribution < 1.29 is 31.5 Å². The third-order valence-electron chi connectivity index (χ3n) is 3.64. The van der Waals surface area contributed by atoms with E-state index in [0.717, 1.165) is 24.1 Å². The average molecular weight is 324 g/mol. The van der Waals surface area contributed by atoms with E-state index in [0.29, 0.717) is 0 Å². The maximum Gasteiger partial charge on any atom is 0.393 e. The molecule has 0 saturated carbocycles. The number of amides is 1. The van der Waals surface area contributed by atoms with Crippen molar-refractivity contribution in [3.05, 3.63) is 23.8 Å². The van der Waals surface area contributed by atoms with Crippen LogP contribution in [-0.4, -0.2) is 31.8 Å². The van der Waals surface area contributed by atoms with Crippen molar-refractivity contribution in [3.63, 3.8) is 0 Å². The number of nitrogens with two attached hydrogens (primary N) is 1. The summed E-state index contributed by atoms with van der Waals surface area (Å²) in [6.45, 7) is -0.585. The minimum atomic E-state index is -4.52. The van der Waals surface area contributed by atoms with Crippen molar-refractivity contribution >= 4 is 11.6 Å². The highest BCUT2D eigenvalue weighted by Crippen LogP contribution is 2.42. The van der Waals surface area contributed by atoms with Gasteiger partial charge in [-0.05, 0) is 18.6 Å². The molecule has 2 rings (SSSR count). The van der Waals surface area contributed by atoms with E-state index in [1.54, 1.807) is 0 Å². The lowest BCUT2D eigenvalue weighted by Gasteiger charge is -2.26. The predicted octanol–water partition coefficient (Wildman–Crippen LogP) is 2.22. The van der Waals surface area contributed by atoms with Gasteiger partial charge in [0.1, 0.15) is 6.04 Å². The number of primary amides is 1. The summed E-state index contributed by atoms with van der Waals surface area (Å²) in [7, 11) is 1.05. The van der Waals surface area contributed by atoms with Crippen LogP contribution >= 0.6 is 0 Å². The summed E-state index contributed by atoms with van der Waals surface area (Å²) in [6, 6.07) is 0.545. The second kappa shape index (κ2) is 5.62. The zero-order valence-corrected chi connectivity index (χ0v) is 11.5. The van der Waals surface area contributed by atoms with Crippen molar-refractivity contribution in [3.8, 4) is 5.75 Å². The molecule has 122 valence electrons. The van der Waals surface area contributed by atoms with Crippen LogP contribution in [0.3, 0.4) is 0 Å². The van der Waals surface area contributed by atoms with Crippen LogP contribution in [0.2, 0.25) is 0 Å². The molecule has 0 radical (unpaired) electrons. The summed E-state index contributed by atoms with van der Waals surface area (Å²) >= 11 is 0. The molecule has 2 unspecified atom stereocenters. The van der Waals surface area contributed by atoms with Gasteiger partial charge in [-0.2, -0.15) is 17.6 Å². The van der Waals surface area contributed by atoms with Crippen LogP contribution in [0, 0.1) is 17.6 Å². The van der Waals surface area contributed by atoms with E-state index in [2.05, 4.69) is 0 Å². The third kappa shape index (κ3) is 2.79. The summed E-state index contributed by atoms with van der Waals surface area (Å²) in [6.07, 6.45) is -5.06. The van der Waals surface area contributed by atoms with E-state index in [1.165, 1.54) is 0 Å². The van der Waals surface area contributed by atoms with Crippen molar-refractivity contribution in [1.29, 1.82) is 0 Å². The minimum Gasteiger partial charge on any atom is -0.491 e. The smallest absolute Gasteiger partial charge is 0.393 e. The fraction of sp³-hybridized carbons (Fsp3) is 0.462. The van der Waals surface area contributed by atoms with Gasteiger partial charge in [-0.15, -0.1) is 0 Å². The van der Waals surface area contributed by atoms with Gasteiger partial charge in [0.2, 0.25) is 11.7 Å². The number of hydrogen-bond acceptors (Lipinski definition) is 3. The molecule has 1 fully saturated rings. The number of methoxy groups -OCH3 is 1. The van der Waals surface area contributed by atoms with Gasteiger partial charge >= 0.3 is 6.18 Å². The number of nitrogens with zero attached hydrogens (tertiary/aromatic N) is 1. The first-order valence-electron chi connectivity index (χ1n) is 6.31. The molecule has 2 N–H and O–H groups in total. The molecular formula is C13H13F5N2O2. The molecule has 2 atom stereocenters. The quantitative estimate of drug-likeness (QED) is 0.868. The molecule has 1 aliphatic rings. The van der Waals surface area contributed by atoms with E-state index < -0.39 is 54.4 Å². The van der Waals surface area contributed by atoms with Gasteiger partial charge in [-0.25, -0.2) is 4.39 Å². The van der Waals surface area contributed by atoms with Crippen molar-refractivity contribution in [2.45, 2.75) is 18.6 Å². The van der Waals surface area contributed by atoms with Gasteiger partial charge in [-0.3, -0.25) is 4.79 Å². The van der Waals surface area contributed by atoms with Crippen LogP contribution < -0.4 is 15.4 Å². The molecule has 0 bridgehead atoms. The fourth-order valence-corrected chi connectivity index (χ4v) is 2.55. The zero-order valence-electron chi connectivity index (χ0n) is 11.5. The summed E-state index contributed by atoms with van der Waals surface area (Å²) in [4.78, 5) is 12.4. The van der Waals surface area contributed by atoms with Crippen molar-refractivity contribution in [2.24, 2.45) is 11.7 Å². The number of alkyl halides is 3. The van der Waals surface area contributed by atoms with Crippen molar-refractivity contribution in [1.82, 2.24) is 0 Å². The Hall–Kier alpha value is -2.06. The highest BCUT2D eigenvalue weighted by Gasteiger charge is 2.49. The standard InChI is InChI=1S/C13H13F5N2O2/c1-22-11-8(3-2-7(14)10(11)15)20-5-6(13(16,17)18)4-9(20)12(19)21/h2-3,6,9H,4-5H2,1H3,(H2,19,21). The summed E-state index contributed by atoms with van der Waals surface area (Å²) < 4.78 is 70.3. The van der Waals surface area contributed by atoms with E-state index in [4.69, 9.17) is 10.5 Å². The monoisotopic (exact) mass is 324 g/mol. The fourth-order valence-electron chi connectivity index (χ4n) is 2.55. The Morgan fingerprint density at radius 3 is 2.50 bits per heavy atom. The largest absolute Gasteiger partial charge is 0.491 e. The SMILES string of the molecule is COc1c(N2CC(C(F)(F)F)CC2C(N)=O)ccc(F)c1F. The maximum absolute atomic E-state index is 13.7. The lowest BCUT2D eigenvalue weighted by Crippen LogP contribution is -2.40. The van der Waals surface area contributed by atoms with Gasteiger partial charge in [-0.1, -0.05) is 0 Å². The summed E-state index contributed by atoms with van der Waals surface area (Å²) in [5, 5.41) is 0. The Labute approximate surface area is 122 Å². The van der Waals surface area contributed by atoms with E-state index in [9.17, 15) is 26.7 Å². The van der Waals surface area contributed by atoms with Crippen molar-refractivity contribution in [2.75, 3.05) is 18.6 Å². The lowest BCUT2D eigenvalue weighted by molar-refractivity contribution is -0.168. The summed E-state index contributed by atoms with van der Waals surface area (Å²) in [5.74, 6) is -5.86. The zero-order chi connectivity index (χ0) is 16.7. The van der Waals surface area contributed by atoms with Gasteiger partial charge in [0, 0.05) is 6.54 Å². The highest BCUT2D eigenvalue weighted by molar-refractivity contribution is 5.85. The topological polar surface area (TPSA) is 55.6 Å². The van der Waals surface area contributed by atoms with Crippen LogP contribution in [0.5, 0.6) is 5.75 Å². The second-order valence-electron chi connectivity index (χ2n) is 4.96. The number of ether oxygens (including phenoxy) is 1. The highest BCUT2D eigenvalue weighted by atomic mass is 19.4. The number of benzene rings is 1. The normalized spacial score (nSPS) is 22.0. The Kier molecular flexibility index (Phi) is 4.17. The number of carbonyl (C=O) groups is 1. The Morgan fingerprint density at radius 1 is 1.36 bits per heavy atom. The molecule has 1 aliphatic heterocycles. The van der Waals surface area contributed by atoms with E-state index in [1.807, 2.05) is 0 Å². The molecule has 1 heterocycles. The first kappa shape index (κ1) is 16.3. The third-order valence-corrected chi connectivity index (χ3v) is 3.64. The lowest BCUT2D eigenvalue weighted by atomic mass is 10.1. The Morgan fingerprint density at radius 2 is 2.00 bits per heavy atom. The van der Waals surface area contributed by atoms with Crippen LogP contribution in [-0.2, 0) is 4.79 Å². The minimum absolute atomic E-state index is 0.142. The number of halogens is 5. The molecule has 1 amide bonds. The maximum atomic E-state index is 13.7. The molecule has 1 aromatic rings. The first-order valence-corrected chi connectivity index (χ1v) is 6.31. The van der Waals surface area contributed by atoms with Gasteiger partial charge in [0.25, 0.3) is 0 Å². The molecule has 0 aliphatic carbocycles.